The molecule has 4 rings (SSSR count). The number of halogens is 1. The molecule has 0 unspecified atom stereocenters. The molecule has 0 saturated carbocycles. The molecule has 0 radical (unpaired) electrons. The minimum Gasteiger partial charge on any atom is -0.354 e. The second kappa shape index (κ2) is 8.22. The van der Waals surface area contributed by atoms with Crippen LogP contribution in [0, 0.1) is 17.1 Å². The highest BCUT2D eigenvalue weighted by Gasteiger charge is 2.17. The molecule has 0 aliphatic carbocycles. The summed E-state index contributed by atoms with van der Waals surface area (Å²) in [6.07, 6.45) is 0.848. The standard InChI is InChI=1S/C25H20FN3O/c1-29(20-6-4-5-17(15-20)16-27)24(30)14-13-22-21-7-2-3-8-23(21)28-25(22)18-9-11-19(26)12-10-18/h2-12,15,28H,13-14H2,1H3. The highest BCUT2D eigenvalue weighted by molar-refractivity contribution is 5.95. The summed E-state index contributed by atoms with van der Waals surface area (Å²) < 4.78 is 13.4. The number of para-hydroxylation sites is 1. The van der Waals surface area contributed by atoms with Gasteiger partial charge in [-0.2, -0.15) is 5.26 Å². The number of carbonyl (C=O) groups is 1. The van der Waals surface area contributed by atoms with E-state index in [1.165, 1.54) is 12.1 Å². The quantitative estimate of drug-likeness (QED) is 0.487. The number of rotatable bonds is 5. The first-order chi connectivity index (χ1) is 14.6. The molecule has 1 aromatic heterocycles. The molecule has 0 bridgehead atoms. The Kier molecular flexibility index (Phi) is 5.32. The molecule has 0 fully saturated rings. The Labute approximate surface area is 174 Å². The summed E-state index contributed by atoms with van der Waals surface area (Å²) in [5.74, 6) is -0.326. The van der Waals surface area contributed by atoms with E-state index in [4.69, 9.17) is 5.26 Å². The molecular weight excluding hydrogens is 377 g/mol. The van der Waals surface area contributed by atoms with Crippen molar-refractivity contribution >= 4 is 22.5 Å². The first-order valence-electron chi connectivity index (χ1n) is 9.69. The van der Waals surface area contributed by atoms with Gasteiger partial charge in [0.15, 0.2) is 0 Å². The lowest BCUT2D eigenvalue weighted by Crippen LogP contribution is -2.26. The van der Waals surface area contributed by atoms with Crippen LogP contribution in [0.4, 0.5) is 10.1 Å². The van der Waals surface area contributed by atoms with Gasteiger partial charge in [-0.25, -0.2) is 4.39 Å². The Morgan fingerprint density at radius 3 is 2.60 bits per heavy atom. The first-order valence-corrected chi connectivity index (χ1v) is 9.69. The first kappa shape index (κ1) is 19.4. The van der Waals surface area contributed by atoms with Crippen LogP contribution in [0.3, 0.4) is 0 Å². The van der Waals surface area contributed by atoms with Crippen molar-refractivity contribution in [1.82, 2.24) is 4.98 Å². The smallest absolute Gasteiger partial charge is 0.227 e. The predicted molar refractivity (Wildman–Crippen MR) is 117 cm³/mol. The van der Waals surface area contributed by atoms with Gasteiger partial charge in [0.1, 0.15) is 5.82 Å². The van der Waals surface area contributed by atoms with Crippen LogP contribution in [-0.4, -0.2) is 17.9 Å². The summed E-state index contributed by atoms with van der Waals surface area (Å²) in [5, 5.41) is 10.1. The lowest BCUT2D eigenvalue weighted by molar-refractivity contribution is -0.118. The summed E-state index contributed by atoms with van der Waals surface area (Å²) >= 11 is 0. The van der Waals surface area contributed by atoms with Crippen molar-refractivity contribution in [2.45, 2.75) is 12.8 Å². The van der Waals surface area contributed by atoms with Gasteiger partial charge >= 0.3 is 0 Å². The van der Waals surface area contributed by atoms with Crippen LogP contribution < -0.4 is 4.90 Å². The average Bonchev–Trinajstić information content (AvgIpc) is 3.16. The Morgan fingerprint density at radius 2 is 1.83 bits per heavy atom. The number of aryl methyl sites for hydroxylation is 1. The summed E-state index contributed by atoms with van der Waals surface area (Å²) in [6.45, 7) is 0. The Balaban J connectivity index is 1.62. The minimum absolute atomic E-state index is 0.0413. The number of benzene rings is 3. The number of anilines is 1. The molecule has 0 spiro atoms. The third-order valence-electron chi connectivity index (χ3n) is 5.27. The van der Waals surface area contributed by atoms with Gasteiger partial charge in [-0.15, -0.1) is 0 Å². The second-order valence-corrected chi connectivity index (χ2v) is 7.15. The number of H-pyrrole nitrogens is 1. The molecule has 1 heterocycles. The maximum absolute atomic E-state index is 13.4. The fraction of sp³-hybridized carbons (Fsp3) is 0.120. The molecule has 1 amide bonds. The van der Waals surface area contributed by atoms with E-state index in [1.807, 2.05) is 30.3 Å². The second-order valence-electron chi connectivity index (χ2n) is 7.15. The molecule has 5 heteroatoms. The van der Waals surface area contributed by atoms with E-state index in [1.54, 1.807) is 42.3 Å². The van der Waals surface area contributed by atoms with Crippen LogP contribution in [-0.2, 0) is 11.2 Å². The van der Waals surface area contributed by atoms with Crippen LogP contribution in [0.15, 0.2) is 72.8 Å². The van der Waals surface area contributed by atoms with Gasteiger partial charge in [-0.1, -0.05) is 24.3 Å². The van der Waals surface area contributed by atoms with Gasteiger partial charge in [-0.05, 0) is 66.1 Å². The number of nitriles is 1. The molecule has 4 nitrogen and oxygen atoms in total. The number of amides is 1. The fourth-order valence-electron chi connectivity index (χ4n) is 3.65. The topological polar surface area (TPSA) is 59.9 Å². The van der Waals surface area contributed by atoms with Gasteiger partial charge in [0.25, 0.3) is 0 Å². The minimum atomic E-state index is -0.284. The predicted octanol–water partition coefficient (Wildman–Crippen LogP) is 5.44. The van der Waals surface area contributed by atoms with Gasteiger partial charge in [0.05, 0.1) is 11.6 Å². The zero-order chi connectivity index (χ0) is 21.1. The summed E-state index contributed by atoms with van der Waals surface area (Å²) in [7, 11) is 1.72. The number of nitrogens with zero attached hydrogens (tertiary/aromatic N) is 2. The molecule has 4 aromatic rings. The van der Waals surface area contributed by atoms with Gasteiger partial charge in [-0.3, -0.25) is 4.79 Å². The third-order valence-corrected chi connectivity index (χ3v) is 5.27. The molecule has 148 valence electrons. The highest BCUT2D eigenvalue weighted by Crippen LogP contribution is 2.31. The lowest BCUT2D eigenvalue weighted by atomic mass is 10.0. The van der Waals surface area contributed by atoms with Gasteiger partial charge < -0.3 is 9.88 Å². The van der Waals surface area contributed by atoms with Crippen molar-refractivity contribution in [1.29, 1.82) is 5.26 Å². The summed E-state index contributed by atoms with van der Waals surface area (Å²) in [4.78, 5) is 17.8. The van der Waals surface area contributed by atoms with Crippen LogP contribution in [0.5, 0.6) is 0 Å². The van der Waals surface area contributed by atoms with Gasteiger partial charge in [0, 0.05) is 35.8 Å². The van der Waals surface area contributed by atoms with Crippen molar-refractivity contribution in [2.75, 3.05) is 11.9 Å². The number of hydrogen-bond donors (Lipinski definition) is 1. The number of nitrogens with one attached hydrogen (secondary N) is 1. The highest BCUT2D eigenvalue weighted by atomic mass is 19.1. The molecule has 0 aliphatic heterocycles. The number of carbonyl (C=O) groups excluding carboxylic acids is 1. The van der Waals surface area contributed by atoms with Crippen LogP contribution in [0.25, 0.3) is 22.2 Å². The zero-order valence-corrected chi connectivity index (χ0v) is 16.5. The summed E-state index contributed by atoms with van der Waals surface area (Å²) in [5.41, 5.74) is 5.00. The van der Waals surface area contributed by atoms with Crippen LogP contribution >= 0.6 is 0 Å². The normalized spacial score (nSPS) is 10.7. The molecule has 30 heavy (non-hydrogen) atoms. The number of hydrogen-bond acceptors (Lipinski definition) is 2. The van der Waals surface area contributed by atoms with Crippen molar-refractivity contribution < 1.29 is 9.18 Å². The monoisotopic (exact) mass is 397 g/mol. The number of aromatic amines is 1. The maximum Gasteiger partial charge on any atom is 0.227 e. The van der Waals surface area contributed by atoms with E-state index in [-0.39, 0.29) is 11.7 Å². The number of fused-ring (bicyclic) bond motifs is 1. The molecule has 0 atom stereocenters. The van der Waals surface area contributed by atoms with Gasteiger partial charge in [0.2, 0.25) is 5.91 Å². The molecule has 3 aromatic carbocycles. The molecular formula is C25H20FN3O. The molecule has 0 saturated heterocycles. The molecule has 1 N–H and O–H groups in total. The van der Waals surface area contributed by atoms with Crippen LogP contribution in [0.2, 0.25) is 0 Å². The van der Waals surface area contributed by atoms with Crippen molar-refractivity contribution in [3.8, 4) is 17.3 Å². The van der Waals surface area contributed by atoms with E-state index in [0.29, 0.717) is 24.1 Å². The SMILES string of the molecule is CN(C(=O)CCc1c(-c2ccc(F)cc2)[nH]c2ccccc12)c1cccc(C#N)c1. The van der Waals surface area contributed by atoms with Crippen molar-refractivity contribution in [3.05, 3.63) is 89.7 Å². The van der Waals surface area contributed by atoms with E-state index < -0.39 is 0 Å². The van der Waals surface area contributed by atoms with Crippen molar-refractivity contribution in [2.24, 2.45) is 0 Å². The van der Waals surface area contributed by atoms with E-state index in [0.717, 1.165) is 27.7 Å². The maximum atomic E-state index is 13.4. The average molecular weight is 397 g/mol. The summed E-state index contributed by atoms with van der Waals surface area (Å²) in [6, 6.07) is 23.4. The Bertz CT molecular complexity index is 1250. The van der Waals surface area contributed by atoms with E-state index >= 15 is 0 Å². The van der Waals surface area contributed by atoms with Crippen molar-refractivity contribution in [3.63, 3.8) is 0 Å². The van der Waals surface area contributed by atoms with Crippen LogP contribution in [0.1, 0.15) is 17.5 Å². The van der Waals surface area contributed by atoms with E-state index in [9.17, 15) is 9.18 Å². The fourth-order valence-corrected chi connectivity index (χ4v) is 3.65. The number of aromatic nitrogens is 1. The molecule has 0 aliphatic rings. The Morgan fingerprint density at radius 1 is 1.07 bits per heavy atom. The largest absolute Gasteiger partial charge is 0.354 e. The third kappa shape index (κ3) is 3.81. The van der Waals surface area contributed by atoms with E-state index in [2.05, 4.69) is 11.1 Å². The Hall–Kier alpha value is -3.91. The zero-order valence-electron chi connectivity index (χ0n) is 16.5. The lowest BCUT2D eigenvalue weighted by Gasteiger charge is -2.17.